The molecule has 9 heteroatoms. The van der Waals surface area contributed by atoms with Crippen LogP contribution in [-0.2, 0) is 16.0 Å². The Bertz CT molecular complexity index is 679. The Kier molecular flexibility index (Phi) is 9.84. The first-order valence-electron chi connectivity index (χ1n) is 10.8. The molecule has 1 aliphatic carbocycles. The quantitative estimate of drug-likeness (QED) is 0.680. The summed E-state index contributed by atoms with van der Waals surface area (Å²) in [5.74, 6) is 0.745. The van der Waals surface area contributed by atoms with Gasteiger partial charge in [-0.15, -0.1) is 36.2 Å². The van der Waals surface area contributed by atoms with E-state index in [2.05, 4.69) is 34.4 Å². The summed E-state index contributed by atoms with van der Waals surface area (Å²) in [5.41, 5.74) is 0.887. The summed E-state index contributed by atoms with van der Waals surface area (Å²) in [7, 11) is 0. The number of hydrogen-bond donors (Lipinski definition) is 2. The van der Waals surface area contributed by atoms with Crippen LogP contribution < -0.4 is 10.6 Å². The Labute approximate surface area is 196 Å². The third kappa shape index (κ3) is 5.48. The Hall–Kier alpha value is -0.440. The number of nitrogens with zero attached hydrogens (tertiary/aromatic N) is 2. The molecule has 1 aromatic heterocycles. The van der Waals surface area contributed by atoms with Gasteiger partial charge in [-0.2, -0.15) is 0 Å². The van der Waals surface area contributed by atoms with Gasteiger partial charge in [0.05, 0.1) is 29.3 Å². The van der Waals surface area contributed by atoms with Gasteiger partial charge in [0.2, 0.25) is 5.91 Å². The highest BCUT2D eigenvalue weighted by Crippen LogP contribution is 2.46. The van der Waals surface area contributed by atoms with E-state index in [0.29, 0.717) is 18.5 Å². The molecule has 3 heterocycles. The number of nitrogens with one attached hydrogen (secondary N) is 2. The lowest BCUT2D eigenvalue weighted by Crippen LogP contribution is -2.60. The van der Waals surface area contributed by atoms with Crippen molar-refractivity contribution in [1.82, 2.24) is 20.5 Å². The van der Waals surface area contributed by atoms with Gasteiger partial charge in [0.1, 0.15) is 0 Å². The van der Waals surface area contributed by atoms with Gasteiger partial charge in [0.15, 0.2) is 0 Å². The van der Waals surface area contributed by atoms with Gasteiger partial charge in [0, 0.05) is 43.5 Å². The van der Waals surface area contributed by atoms with E-state index in [9.17, 15) is 4.79 Å². The number of halogens is 2. The van der Waals surface area contributed by atoms with Gasteiger partial charge in [-0.1, -0.05) is 0 Å². The number of carbonyl (C=O) groups is 1. The fourth-order valence-electron chi connectivity index (χ4n) is 5.27. The Morgan fingerprint density at radius 3 is 2.77 bits per heavy atom. The molecule has 1 amide bonds. The summed E-state index contributed by atoms with van der Waals surface area (Å²) in [6.07, 6.45) is 5.21. The molecule has 2 aliphatic heterocycles. The smallest absolute Gasteiger partial charge is 0.227 e. The van der Waals surface area contributed by atoms with E-state index in [1.807, 2.05) is 0 Å². The minimum absolute atomic E-state index is 0. The van der Waals surface area contributed by atoms with Crippen molar-refractivity contribution in [1.29, 1.82) is 0 Å². The second kappa shape index (κ2) is 11.4. The summed E-state index contributed by atoms with van der Waals surface area (Å²) in [6.45, 7) is 10.5. The molecule has 0 bridgehead atoms. The van der Waals surface area contributed by atoms with Crippen LogP contribution in [0.15, 0.2) is 0 Å². The zero-order valence-corrected chi connectivity index (χ0v) is 20.5. The summed E-state index contributed by atoms with van der Waals surface area (Å²) in [6, 6.07) is 0.620. The van der Waals surface area contributed by atoms with E-state index >= 15 is 0 Å². The number of aryl methyl sites for hydroxylation is 2. The third-order valence-electron chi connectivity index (χ3n) is 7.08. The predicted octanol–water partition coefficient (Wildman–Crippen LogP) is 2.74. The molecule has 1 aromatic rings. The first-order valence-corrected chi connectivity index (χ1v) is 11.6. The second-order valence-corrected chi connectivity index (χ2v) is 9.94. The van der Waals surface area contributed by atoms with E-state index in [1.165, 1.54) is 4.88 Å². The van der Waals surface area contributed by atoms with Crippen LogP contribution in [0.2, 0.25) is 0 Å². The topological polar surface area (TPSA) is 66.5 Å². The number of thiazole rings is 1. The lowest BCUT2D eigenvalue weighted by molar-refractivity contribution is -0.140. The molecule has 6 nitrogen and oxygen atoms in total. The summed E-state index contributed by atoms with van der Waals surface area (Å²) in [5, 5.41) is 7.91. The van der Waals surface area contributed by atoms with Crippen molar-refractivity contribution in [2.75, 3.05) is 45.9 Å². The normalized spacial score (nSPS) is 29.3. The summed E-state index contributed by atoms with van der Waals surface area (Å²) >= 11 is 1.75. The molecule has 2 N–H and O–H groups in total. The maximum absolute atomic E-state index is 13.3. The van der Waals surface area contributed by atoms with Gasteiger partial charge in [-0.25, -0.2) is 4.98 Å². The van der Waals surface area contributed by atoms with Crippen LogP contribution in [0, 0.1) is 25.2 Å². The molecule has 0 spiro atoms. The van der Waals surface area contributed by atoms with Crippen LogP contribution in [0.4, 0.5) is 0 Å². The fourth-order valence-corrected chi connectivity index (χ4v) is 6.21. The average Bonchev–Trinajstić information content (AvgIpc) is 3.05. The zero-order valence-electron chi connectivity index (χ0n) is 18.1. The lowest BCUT2D eigenvalue weighted by atomic mass is 9.61. The van der Waals surface area contributed by atoms with E-state index in [-0.39, 0.29) is 36.1 Å². The Morgan fingerprint density at radius 1 is 1.30 bits per heavy atom. The fraction of sp³-hybridized carbons (Fsp3) is 0.810. The Balaban J connectivity index is 0.00000160. The van der Waals surface area contributed by atoms with Crippen molar-refractivity contribution in [2.24, 2.45) is 11.3 Å². The van der Waals surface area contributed by atoms with Crippen molar-refractivity contribution >= 4 is 42.1 Å². The van der Waals surface area contributed by atoms with Crippen molar-refractivity contribution in [3.63, 3.8) is 0 Å². The largest absolute Gasteiger partial charge is 0.379 e. The van der Waals surface area contributed by atoms with Gasteiger partial charge >= 0.3 is 0 Å². The third-order valence-corrected chi connectivity index (χ3v) is 8.22. The molecule has 0 aromatic carbocycles. The highest BCUT2D eigenvalue weighted by Gasteiger charge is 2.50. The average molecular weight is 480 g/mol. The predicted molar refractivity (Wildman–Crippen MR) is 126 cm³/mol. The molecule has 30 heavy (non-hydrogen) atoms. The van der Waals surface area contributed by atoms with Crippen molar-refractivity contribution < 1.29 is 9.53 Å². The first kappa shape index (κ1) is 25.8. The lowest BCUT2D eigenvalue weighted by Gasteiger charge is -2.50. The minimum atomic E-state index is -0.226. The van der Waals surface area contributed by atoms with E-state index < -0.39 is 0 Å². The van der Waals surface area contributed by atoms with Crippen LogP contribution >= 0.6 is 36.2 Å². The molecule has 4 rings (SSSR count). The van der Waals surface area contributed by atoms with Gasteiger partial charge in [-0.3, -0.25) is 9.69 Å². The number of fused-ring (bicyclic) bond motifs is 1. The van der Waals surface area contributed by atoms with Crippen molar-refractivity contribution in [3.8, 4) is 0 Å². The number of ether oxygens (including phenoxy) is 1. The minimum Gasteiger partial charge on any atom is -0.379 e. The molecule has 172 valence electrons. The number of morpholine rings is 1. The van der Waals surface area contributed by atoms with Crippen LogP contribution in [0.25, 0.3) is 0 Å². The van der Waals surface area contributed by atoms with Crippen molar-refractivity contribution in [3.05, 3.63) is 15.6 Å². The number of hydrogen-bond acceptors (Lipinski definition) is 6. The van der Waals surface area contributed by atoms with E-state index in [4.69, 9.17) is 4.74 Å². The summed E-state index contributed by atoms with van der Waals surface area (Å²) < 4.78 is 5.52. The number of aromatic nitrogens is 1. The van der Waals surface area contributed by atoms with Crippen LogP contribution in [0.5, 0.6) is 0 Å². The monoisotopic (exact) mass is 478 g/mol. The van der Waals surface area contributed by atoms with Crippen molar-refractivity contribution in [2.45, 2.75) is 52.0 Å². The highest BCUT2D eigenvalue weighted by molar-refractivity contribution is 7.11. The standard InChI is InChI=1S/C21H34N4O2S.2ClH/c1-15-16(2)28-19(24-15)5-8-23-20(26)21-6-3-18(25-9-11-27-12-10-25)13-17(21)4-7-22-14-21;;/h17-18,22H,3-14H2,1-2H3,(H,23,26);2*1H/t17-,18+,21-;;/m1../s1. The maximum atomic E-state index is 13.3. The SMILES string of the molecule is Cc1nc(CCNC(=O)[C@@]23CC[C@H](N4CCOCC4)C[C@H]2CCNC3)sc1C.Cl.Cl. The van der Waals surface area contributed by atoms with Crippen LogP contribution in [-0.4, -0.2) is 67.8 Å². The molecular weight excluding hydrogens is 443 g/mol. The van der Waals surface area contributed by atoms with E-state index in [1.54, 1.807) is 11.3 Å². The zero-order chi connectivity index (χ0) is 19.6. The highest BCUT2D eigenvalue weighted by atomic mass is 35.5. The molecule has 3 aliphatic rings. The number of piperidine rings is 1. The number of carbonyl (C=O) groups excluding carboxylic acids is 1. The molecule has 1 saturated carbocycles. The molecule has 2 saturated heterocycles. The maximum Gasteiger partial charge on any atom is 0.227 e. The number of amides is 1. The molecule has 3 atom stereocenters. The van der Waals surface area contributed by atoms with Gasteiger partial charge in [-0.05, 0) is 52.0 Å². The van der Waals surface area contributed by atoms with Gasteiger partial charge < -0.3 is 15.4 Å². The molecule has 0 unspecified atom stereocenters. The molecule has 0 radical (unpaired) electrons. The van der Waals surface area contributed by atoms with E-state index in [0.717, 1.165) is 82.2 Å². The van der Waals surface area contributed by atoms with Crippen LogP contribution in [0.3, 0.4) is 0 Å². The first-order chi connectivity index (χ1) is 13.6. The molecular formula is C21H36Cl2N4O2S. The summed E-state index contributed by atoms with van der Waals surface area (Å²) in [4.78, 5) is 21.8. The number of rotatable bonds is 5. The van der Waals surface area contributed by atoms with Gasteiger partial charge in [0.25, 0.3) is 0 Å². The van der Waals surface area contributed by atoms with Crippen LogP contribution in [0.1, 0.15) is 41.3 Å². The Morgan fingerprint density at radius 2 is 2.07 bits per heavy atom. The second-order valence-electron chi connectivity index (χ2n) is 8.65. The molecule has 3 fully saturated rings.